The van der Waals surface area contributed by atoms with Gasteiger partial charge in [0.15, 0.2) is 5.76 Å². The Labute approximate surface area is 205 Å². The molecule has 0 aliphatic carbocycles. The van der Waals surface area contributed by atoms with Crippen molar-refractivity contribution in [3.05, 3.63) is 120 Å². The van der Waals surface area contributed by atoms with Crippen molar-refractivity contribution < 1.29 is 18.4 Å². The molecule has 2 heterocycles. The van der Waals surface area contributed by atoms with E-state index < -0.39 is 11.7 Å². The van der Waals surface area contributed by atoms with Gasteiger partial charge < -0.3 is 15.1 Å². The van der Waals surface area contributed by atoms with Gasteiger partial charge >= 0.3 is 0 Å². The maximum absolute atomic E-state index is 14.2. The number of rotatable bonds is 6. The van der Waals surface area contributed by atoms with Crippen LogP contribution in [-0.2, 0) is 0 Å². The number of pyridine rings is 1. The van der Waals surface area contributed by atoms with Crippen LogP contribution in [0.1, 0.15) is 20.7 Å². The Morgan fingerprint density at radius 1 is 0.750 bits per heavy atom. The van der Waals surface area contributed by atoms with E-state index >= 15 is 0 Å². The van der Waals surface area contributed by atoms with E-state index in [1.54, 1.807) is 91.3 Å². The SMILES string of the molecule is O=C(Nc1ccncc1)c1cccc(NC(=O)c2ccccc2-c2ncc(-c3ccccc3F)o2)c1. The molecule has 7 nitrogen and oxygen atoms in total. The molecule has 0 radical (unpaired) electrons. The molecule has 0 aliphatic heterocycles. The summed E-state index contributed by atoms with van der Waals surface area (Å²) in [6, 6.07) is 23.0. The van der Waals surface area contributed by atoms with E-state index in [-0.39, 0.29) is 23.1 Å². The molecule has 0 saturated heterocycles. The molecule has 5 rings (SSSR count). The normalized spacial score (nSPS) is 10.6. The minimum absolute atomic E-state index is 0.185. The van der Waals surface area contributed by atoms with Gasteiger partial charge in [-0.1, -0.05) is 30.3 Å². The maximum atomic E-state index is 14.2. The first-order chi connectivity index (χ1) is 17.6. The average molecular weight is 478 g/mol. The van der Waals surface area contributed by atoms with Gasteiger partial charge in [0.1, 0.15) is 5.82 Å². The number of anilines is 2. The summed E-state index contributed by atoms with van der Waals surface area (Å²) in [5.74, 6) is -0.726. The third kappa shape index (κ3) is 4.88. The number of nitrogens with zero attached hydrogens (tertiary/aromatic N) is 2. The van der Waals surface area contributed by atoms with Crippen LogP contribution in [0.15, 0.2) is 108 Å². The second-order valence-electron chi connectivity index (χ2n) is 7.78. The van der Waals surface area contributed by atoms with Crippen LogP contribution in [0.5, 0.6) is 0 Å². The minimum Gasteiger partial charge on any atom is -0.436 e. The second-order valence-corrected chi connectivity index (χ2v) is 7.78. The fourth-order valence-corrected chi connectivity index (χ4v) is 3.63. The summed E-state index contributed by atoms with van der Waals surface area (Å²) in [7, 11) is 0. The molecule has 2 aromatic heterocycles. The van der Waals surface area contributed by atoms with Gasteiger partial charge in [-0.15, -0.1) is 0 Å². The van der Waals surface area contributed by atoms with Crippen molar-refractivity contribution in [3.63, 3.8) is 0 Å². The Morgan fingerprint density at radius 2 is 1.47 bits per heavy atom. The minimum atomic E-state index is -0.431. The predicted molar refractivity (Wildman–Crippen MR) is 134 cm³/mol. The van der Waals surface area contributed by atoms with Gasteiger partial charge in [-0.25, -0.2) is 9.37 Å². The first kappa shape index (κ1) is 22.7. The molecule has 5 aromatic rings. The number of aromatic nitrogens is 2. The standard InChI is InChI=1S/C28H19FN4O3/c29-24-11-4-3-10-23(24)25-17-31-28(36-25)22-9-2-1-8-21(22)27(35)33-20-7-5-6-18(16-20)26(34)32-19-12-14-30-15-13-19/h1-17H,(H,33,35)(H,30,32,34). The van der Waals surface area contributed by atoms with Crippen molar-refractivity contribution in [3.8, 4) is 22.8 Å². The van der Waals surface area contributed by atoms with Crippen molar-refractivity contribution >= 4 is 23.2 Å². The summed E-state index contributed by atoms with van der Waals surface area (Å²) in [5.41, 5.74) is 2.46. The Hall–Kier alpha value is -5.11. The lowest BCUT2D eigenvalue weighted by Gasteiger charge is -2.10. The molecule has 8 heteroatoms. The highest BCUT2D eigenvalue weighted by Gasteiger charge is 2.18. The van der Waals surface area contributed by atoms with Crippen LogP contribution in [0.4, 0.5) is 15.8 Å². The van der Waals surface area contributed by atoms with Gasteiger partial charge in [-0.3, -0.25) is 14.6 Å². The van der Waals surface area contributed by atoms with E-state index in [1.807, 2.05) is 0 Å². The lowest BCUT2D eigenvalue weighted by atomic mass is 10.1. The molecule has 3 aromatic carbocycles. The molecule has 2 amide bonds. The van der Waals surface area contributed by atoms with Gasteiger partial charge in [0.25, 0.3) is 11.8 Å². The van der Waals surface area contributed by atoms with Crippen LogP contribution in [0.25, 0.3) is 22.8 Å². The second kappa shape index (κ2) is 10.0. The molecule has 0 saturated carbocycles. The predicted octanol–water partition coefficient (Wildman–Crippen LogP) is 6.05. The maximum Gasteiger partial charge on any atom is 0.256 e. The lowest BCUT2D eigenvalue weighted by molar-refractivity contribution is 0.101. The van der Waals surface area contributed by atoms with Crippen LogP contribution in [0, 0.1) is 5.82 Å². The Balaban J connectivity index is 1.37. The summed E-state index contributed by atoms with van der Waals surface area (Å²) >= 11 is 0. The fourth-order valence-electron chi connectivity index (χ4n) is 3.63. The van der Waals surface area contributed by atoms with Crippen LogP contribution < -0.4 is 10.6 Å². The Bertz CT molecular complexity index is 1550. The first-order valence-electron chi connectivity index (χ1n) is 11.0. The molecule has 36 heavy (non-hydrogen) atoms. The average Bonchev–Trinajstić information content (AvgIpc) is 3.40. The zero-order chi connectivity index (χ0) is 24.9. The smallest absolute Gasteiger partial charge is 0.256 e. The highest BCUT2D eigenvalue weighted by Crippen LogP contribution is 2.30. The van der Waals surface area contributed by atoms with Crippen LogP contribution >= 0.6 is 0 Å². The van der Waals surface area contributed by atoms with Gasteiger partial charge in [-0.05, 0) is 54.6 Å². The van der Waals surface area contributed by atoms with Crippen molar-refractivity contribution in [1.82, 2.24) is 9.97 Å². The first-order valence-corrected chi connectivity index (χ1v) is 11.0. The molecule has 0 unspecified atom stereocenters. The number of benzene rings is 3. The monoisotopic (exact) mass is 478 g/mol. The van der Waals surface area contributed by atoms with E-state index in [0.717, 1.165) is 0 Å². The summed E-state index contributed by atoms with van der Waals surface area (Å²) in [4.78, 5) is 34.0. The van der Waals surface area contributed by atoms with Crippen molar-refractivity contribution in [2.45, 2.75) is 0 Å². The molecule has 0 spiro atoms. The zero-order valence-electron chi connectivity index (χ0n) is 18.8. The molecule has 0 atom stereocenters. The van der Waals surface area contributed by atoms with E-state index in [1.165, 1.54) is 12.3 Å². The quantitative estimate of drug-likeness (QED) is 0.310. The van der Waals surface area contributed by atoms with Gasteiger partial charge in [0.05, 0.1) is 17.3 Å². The molecule has 176 valence electrons. The number of hydrogen-bond acceptors (Lipinski definition) is 5. The summed E-state index contributed by atoms with van der Waals surface area (Å²) in [5, 5.41) is 5.60. The topological polar surface area (TPSA) is 97.1 Å². The van der Waals surface area contributed by atoms with Crippen molar-refractivity contribution in [2.75, 3.05) is 10.6 Å². The Kier molecular flexibility index (Phi) is 6.31. The Morgan fingerprint density at radius 3 is 2.28 bits per heavy atom. The summed E-state index contributed by atoms with van der Waals surface area (Å²) < 4.78 is 20.0. The van der Waals surface area contributed by atoms with E-state index in [4.69, 9.17) is 4.42 Å². The van der Waals surface area contributed by atoms with Crippen LogP contribution in [-0.4, -0.2) is 21.8 Å². The third-order valence-electron chi connectivity index (χ3n) is 5.37. The molecular weight excluding hydrogens is 459 g/mol. The molecule has 0 bridgehead atoms. The summed E-state index contributed by atoms with van der Waals surface area (Å²) in [6.07, 6.45) is 4.58. The van der Waals surface area contributed by atoms with Crippen molar-refractivity contribution in [1.29, 1.82) is 0 Å². The van der Waals surface area contributed by atoms with E-state index in [0.29, 0.717) is 28.1 Å². The number of nitrogens with one attached hydrogen (secondary N) is 2. The fraction of sp³-hybridized carbons (Fsp3) is 0. The zero-order valence-corrected chi connectivity index (χ0v) is 18.8. The van der Waals surface area contributed by atoms with Gasteiger partial charge in [-0.2, -0.15) is 0 Å². The molecular formula is C28H19FN4O3. The number of oxazole rings is 1. The number of amides is 2. The van der Waals surface area contributed by atoms with Crippen LogP contribution in [0.3, 0.4) is 0 Å². The summed E-state index contributed by atoms with van der Waals surface area (Å²) in [6.45, 7) is 0. The van der Waals surface area contributed by atoms with Crippen molar-refractivity contribution in [2.24, 2.45) is 0 Å². The largest absolute Gasteiger partial charge is 0.436 e. The van der Waals surface area contributed by atoms with E-state index in [9.17, 15) is 14.0 Å². The van der Waals surface area contributed by atoms with Gasteiger partial charge in [0.2, 0.25) is 5.89 Å². The number of halogens is 1. The highest BCUT2D eigenvalue weighted by atomic mass is 19.1. The molecule has 2 N–H and O–H groups in total. The highest BCUT2D eigenvalue weighted by molar-refractivity contribution is 6.09. The van der Waals surface area contributed by atoms with Gasteiger partial charge in [0, 0.05) is 34.9 Å². The number of carbonyl (C=O) groups excluding carboxylic acids is 2. The lowest BCUT2D eigenvalue weighted by Crippen LogP contribution is -2.15. The molecule has 0 aliphatic rings. The number of hydrogen-bond donors (Lipinski definition) is 2. The third-order valence-corrected chi connectivity index (χ3v) is 5.37. The van der Waals surface area contributed by atoms with E-state index in [2.05, 4.69) is 20.6 Å². The number of carbonyl (C=O) groups is 2. The van der Waals surface area contributed by atoms with Crippen LogP contribution in [0.2, 0.25) is 0 Å². The molecule has 0 fully saturated rings.